The van der Waals surface area contributed by atoms with Crippen molar-refractivity contribution in [1.82, 2.24) is 9.88 Å². The lowest BCUT2D eigenvalue weighted by atomic mass is 10.1. The topological polar surface area (TPSA) is 83.5 Å². The number of hydrogen-bond donors (Lipinski definition) is 1. The third-order valence-corrected chi connectivity index (χ3v) is 3.71. The highest BCUT2D eigenvalue weighted by molar-refractivity contribution is 5.47. The second kappa shape index (κ2) is 7.70. The number of rotatable bonds is 7. The number of oxazole rings is 1. The number of anilines is 1. The van der Waals surface area contributed by atoms with E-state index in [-0.39, 0.29) is 11.7 Å². The molecule has 0 aliphatic rings. The summed E-state index contributed by atoms with van der Waals surface area (Å²) in [5.41, 5.74) is 1.32. The van der Waals surface area contributed by atoms with E-state index in [1.54, 1.807) is 21.1 Å². The highest BCUT2D eigenvalue weighted by Crippen LogP contribution is 2.31. The molecule has 0 aliphatic carbocycles. The van der Waals surface area contributed by atoms with E-state index in [9.17, 15) is 0 Å². The van der Waals surface area contributed by atoms with E-state index in [4.69, 9.17) is 19.2 Å². The quantitative estimate of drug-likeness (QED) is 0.835. The van der Waals surface area contributed by atoms with Crippen LogP contribution in [0.3, 0.4) is 0 Å². The molecule has 1 aromatic carbocycles. The van der Waals surface area contributed by atoms with Crippen LogP contribution in [0.25, 0.3) is 0 Å². The molecule has 1 N–H and O–H groups in total. The summed E-state index contributed by atoms with van der Waals surface area (Å²) in [4.78, 5) is 6.11. The summed E-state index contributed by atoms with van der Waals surface area (Å²) in [7, 11) is 7.19. The van der Waals surface area contributed by atoms with E-state index < -0.39 is 0 Å². The summed E-state index contributed by atoms with van der Waals surface area (Å²) >= 11 is 0. The summed E-state index contributed by atoms with van der Waals surface area (Å²) in [5, 5.41) is 12.3. The van der Waals surface area contributed by atoms with Gasteiger partial charge in [0.05, 0.1) is 20.3 Å². The molecule has 1 unspecified atom stereocenters. The molecule has 0 saturated carbocycles. The molecule has 0 bridgehead atoms. The number of aryl methyl sites for hydroxylation is 1. The van der Waals surface area contributed by atoms with Gasteiger partial charge in [-0.1, -0.05) is 6.07 Å². The van der Waals surface area contributed by atoms with Crippen molar-refractivity contribution in [3.8, 4) is 17.6 Å². The Labute approximate surface area is 141 Å². The fourth-order valence-corrected chi connectivity index (χ4v) is 2.47. The van der Waals surface area contributed by atoms with E-state index in [1.807, 2.05) is 38.4 Å². The molecule has 0 aliphatic heterocycles. The number of benzene rings is 1. The zero-order chi connectivity index (χ0) is 17.7. The highest BCUT2D eigenvalue weighted by atomic mass is 16.5. The summed E-state index contributed by atoms with van der Waals surface area (Å²) in [6.45, 7) is 2.26. The van der Waals surface area contributed by atoms with Crippen molar-refractivity contribution in [2.75, 3.05) is 40.2 Å². The zero-order valence-corrected chi connectivity index (χ0v) is 14.6. The lowest BCUT2D eigenvalue weighted by Gasteiger charge is -2.25. The molecule has 1 aromatic heterocycles. The molecule has 2 aromatic rings. The molecule has 0 spiro atoms. The van der Waals surface area contributed by atoms with E-state index in [1.165, 1.54) is 0 Å². The Morgan fingerprint density at radius 1 is 1.29 bits per heavy atom. The second-order valence-electron chi connectivity index (χ2n) is 5.50. The van der Waals surface area contributed by atoms with Crippen LogP contribution in [0.5, 0.6) is 11.5 Å². The predicted molar refractivity (Wildman–Crippen MR) is 90.4 cm³/mol. The minimum atomic E-state index is 0.0433. The van der Waals surface area contributed by atoms with Crippen molar-refractivity contribution in [3.05, 3.63) is 35.3 Å². The smallest absolute Gasteiger partial charge is 0.232 e. The number of nitrogens with one attached hydrogen (secondary N) is 1. The van der Waals surface area contributed by atoms with Gasteiger partial charge >= 0.3 is 0 Å². The molecule has 128 valence electrons. The third kappa shape index (κ3) is 3.78. The summed E-state index contributed by atoms with van der Waals surface area (Å²) in [5.74, 6) is 2.21. The SMILES string of the molecule is COc1ccc(C(CNc2oc(C)nc2C#N)N(C)C)cc1OC. The maximum Gasteiger partial charge on any atom is 0.232 e. The van der Waals surface area contributed by atoms with Gasteiger partial charge < -0.3 is 24.1 Å². The summed E-state index contributed by atoms with van der Waals surface area (Å²) < 4.78 is 16.1. The number of nitriles is 1. The first kappa shape index (κ1) is 17.6. The summed E-state index contributed by atoms with van der Waals surface area (Å²) in [6, 6.07) is 7.88. The molecular weight excluding hydrogens is 308 g/mol. The third-order valence-electron chi connectivity index (χ3n) is 3.71. The number of methoxy groups -OCH3 is 2. The fraction of sp³-hybridized carbons (Fsp3) is 0.412. The zero-order valence-electron chi connectivity index (χ0n) is 14.6. The molecule has 2 rings (SSSR count). The number of ether oxygens (including phenoxy) is 2. The Bertz CT molecular complexity index is 734. The van der Waals surface area contributed by atoms with Crippen molar-refractivity contribution in [2.45, 2.75) is 13.0 Å². The molecule has 7 heteroatoms. The van der Waals surface area contributed by atoms with E-state index in [2.05, 4.69) is 15.2 Å². The average Bonchev–Trinajstić information content (AvgIpc) is 2.94. The van der Waals surface area contributed by atoms with Crippen LogP contribution in [0.15, 0.2) is 22.6 Å². The van der Waals surface area contributed by atoms with Gasteiger partial charge in [-0.15, -0.1) is 0 Å². The van der Waals surface area contributed by atoms with E-state index >= 15 is 0 Å². The van der Waals surface area contributed by atoms with Gasteiger partial charge in [-0.25, -0.2) is 4.98 Å². The Hall–Kier alpha value is -2.72. The molecule has 0 saturated heterocycles. The molecule has 24 heavy (non-hydrogen) atoms. The normalized spacial score (nSPS) is 11.9. The molecular formula is C17H22N4O3. The monoisotopic (exact) mass is 330 g/mol. The molecule has 0 fully saturated rings. The Kier molecular flexibility index (Phi) is 5.66. The first-order valence-electron chi connectivity index (χ1n) is 7.49. The molecule has 7 nitrogen and oxygen atoms in total. The minimum Gasteiger partial charge on any atom is -0.493 e. The molecule has 0 radical (unpaired) electrons. The van der Waals surface area contributed by atoms with Crippen molar-refractivity contribution >= 4 is 5.88 Å². The largest absolute Gasteiger partial charge is 0.493 e. The van der Waals surface area contributed by atoms with Crippen LogP contribution in [-0.2, 0) is 0 Å². The van der Waals surface area contributed by atoms with Crippen LogP contribution >= 0.6 is 0 Å². The Balaban J connectivity index is 2.22. The predicted octanol–water partition coefficient (Wildman–Crippen LogP) is 2.59. The first-order chi connectivity index (χ1) is 11.5. The van der Waals surface area contributed by atoms with E-state index in [0.29, 0.717) is 29.8 Å². The lowest BCUT2D eigenvalue weighted by Crippen LogP contribution is -2.27. The van der Waals surface area contributed by atoms with Crippen molar-refractivity contribution in [3.63, 3.8) is 0 Å². The van der Waals surface area contributed by atoms with Gasteiger partial charge in [0.2, 0.25) is 11.6 Å². The van der Waals surface area contributed by atoms with E-state index in [0.717, 1.165) is 5.56 Å². The van der Waals surface area contributed by atoms with Crippen LogP contribution in [0, 0.1) is 18.3 Å². The lowest BCUT2D eigenvalue weighted by molar-refractivity contribution is 0.307. The van der Waals surface area contributed by atoms with Crippen LogP contribution in [0.2, 0.25) is 0 Å². The van der Waals surface area contributed by atoms with Crippen LogP contribution in [0.4, 0.5) is 5.88 Å². The number of nitrogens with zero attached hydrogens (tertiary/aromatic N) is 3. The van der Waals surface area contributed by atoms with Crippen LogP contribution < -0.4 is 14.8 Å². The van der Waals surface area contributed by atoms with Crippen LogP contribution in [0.1, 0.15) is 23.2 Å². The Morgan fingerprint density at radius 2 is 2.00 bits per heavy atom. The fourth-order valence-electron chi connectivity index (χ4n) is 2.47. The number of hydrogen-bond acceptors (Lipinski definition) is 7. The van der Waals surface area contributed by atoms with Crippen LogP contribution in [-0.4, -0.2) is 44.7 Å². The van der Waals surface area contributed by atoms with Gasteiger partial charge in [-0.05, 0) is 31.8 Å². The molecule has 1 heterocycles. The van der Waals surface area contributed by atoms with Gasteiger partial charge in [-0.3, -0.25) is 0 Å². The van der Waals surface area contributed by atoms with Gasteiger partial charge in [0, 0.05) is 13.5 Å². The average molecular weight is 330 g/mol. The maximum atomic E-state index is 9.10. The number of likely N-dealkylation sites (N-methyl/N-ethyl adjacent to an activating group) is 1. The van der Waals surface area contributed by atoms with Crippen molar-refractivity contribution < 1.29 is 13.9 Å². The minimum absolute atomic E-state index is 0.0433. The molecule has 1 atom stereocenters. The van der Waals surface area contributed by atoms with Gasteiger partial charge in [-0.2, -0.15) is 5.26 Å². The van der Waals surface area contributed by atoms with Crippen molar-refractivity contribution in [2.24, 2.45) is 0 Å². The van der Waals surface area contributed by atoms with Gasteiger partial charge in [0.25, 0.3) is 0 Å². The maximum absolute atomic E-state index is 9.10. The van der Waals surface area contributed by atoms with Gasteiger partial charge in [0.15, 0.2) is 17.4 Å². The highest BCUT2D eigenvalue weighted by Gasteiger charge is 2.18. The second-order valence-corrected chi connectivity index (χ2v) is 5.50. The van der Waals surface area contributed by atoms with Crippen molar-refractivity contribution in [1.29, 1.82) is 5.26 Å². The molecule has 0 amide bonds. The first-order valence-corrected chi connectivity index (χ1v) is 7.49. The van der Waals surface area contributed by atoms with Gasteiger partial charge in [0.1, 0.15) is 6.07 Å². The number of aromatic nitrogens is 1. The summed E-state index contributed by atoms with van der Waals surface area (Å²) in [6.07, 6.45) is 0. The standard InChI is InChI=1S/C17H22N4O3/c1-11-20-13(9-18)17(24-11)19-10-14(21(2)3)12-6-7-15(22-4)16(8-12)23-5/h6-8,14,19H,10H2,1-5H3. The Morgan fingerprint density at radius 3 is 2.58 bits per heavy atom.